The number of furan rings is 1. The van der Waals surface area contributed by atoms with E-state index in [0.717, 1.165) is 44.4 Å². The summed E-state index contributed by atoms with van der Waals surface area (Å²) in [6.07, 6.45) is 0. The third-order valence-corrected chi connectivity index (χ3v) is 12.6. The maximum atomic E-state index is 6.64. The van der Waals surface area contributed by atoms with Crippen molar-refractivity contribution in [3.8, 4) is 56.0 Å². The Hall–Kier alpha value is -6.58. The average Bonchev–Trinajstić information content (AvgIpc) is 3.86. The normalized spacial score (nSPS) is 13.8. The molecule has 0 N–H and O–H groups in total. The molecule has 3 heteroatoms. The molecule has 0 aliphatic heterocycles. The van der Waals surface area contributed by atoms with Crippen molar-refractivity contribution in [2.45, 2.75) is 57.8 Å². The first-order chi connectivity index (χ1) is 28.0. The zero-order valence-corrected chi connectivity index (χ0v) is 33.8. The van der Waals surface area contributed by atoms with E-state index in [1.165, 1.54) is 55.6 Å². The number of aromatic nitrogens is 2. The molecule has 0 bridgehead atoms. The smallest absolute Gasteiger partial charge is 0.180 e. The standard InChI is InChI=1S/C55H44N2O/c1-53(2,3)37-23-26-41-42-27-24-38(54(4,5)6)32-47(42)55(46(41)31-37)44-20-14-13-19-39(44)40-25-21-36(30-45(40)55)35-22-28-48-43(29-35)50-51(58-48)49(33-15-9-7-10-16-33)56-52(57-50)34-17-11-8-12-18-34/h7-32H,1-6H3. The molecule has 1 spiro atoms. The Morgan fingerprint density at radius 2 is 0.948 bits per heavy atom. The van der Waals surface area contributed by atoms with Gasteiger partial charge in [-0.2, -0.15) is 0 Å². The van der Waals surface area contributed by atoms with E-state index in [-0.39, 0.29) is 10.8 Å². The van der Waals surface area contributed by atoms with Crippen molar-refractivity contribution in [3.63, 3.8) is 0 Å². The van der Waals surface area contributed by atoms with E-state index in [0.29, 0.717) is 11.4 Å². The molecule has 2 aliphatic rings. The van der Waals surface area contributed by atoms with E-state index < -0.39 is 5.41 Å². The van der Waals surface area contributed by atoms with Crippen molar-refractivity contribution in [3.05, 3.63) is 191 Å². The van der Waals surface area contributed by atoms with E-state index in [1.807, 2.05) is 36.4 Å². The predicted octanol–water partition coefficient (Wildman–Crippen LogP) is 14.3. The number of rotatable bonds is 3. The summed E-state index contributed by atoms with van der Waals surface area (Å²) in [7, 11) is 0. The average molecular weight is 749 g/mol. The van der Waals surface area contributed by atoms with Gasteiger partial charge in [0.25, 0.3) is 0 Å². The Bertz CT molecular complexity index is 3060. The number of nitrogens with zero attached hydrogens (tertiary/aromatic N) is 2. The van der Waals surface area contributed by atoms with E-state index in [1.54, 1.807) is 0 Å². The molecule has 2 heterocycles. The Balaban J connectivity index is 1.17. The van der Waals surface area contributed by atoms with Gasteiger partial charge < -0.3 is 4.42 Å². The summed E-state index contributed by atoms with van der Waals surface area (Å²) >= 11 is 0. The maximum Gasteiger partial charge on any atom is 0.180 e. The molecule has 0 radical (unpaired) electrons. The molecule has 11 rings (SSSR count). The quantitative estimate of drug-likeness (QED) is 0.181. The zero-order valence-electron chi connectivity index (χ0n) is 33.8. The minimum Gasteiger partial charge on any atom is -0.452 e. The minimum absolute atomic E-state index is 0.00253. The summed E-state index contributed by atoms with van der Waals surface area (Å²) in [6.45, 7) is 13.9. The fraction of sp³-hybridized carbons (Fsp3) is 0.164. The summed E-state index contributed by atoms with van der Waals surface area (Å²) < 4.78 is 6.64. The van der Waals surface area contributed by atoms with Gasteiger partial charge in [-0.1, -0.05) is 181 Å². The molecular formula is C55H44N2O. The second-order valence-corrected chi connectivity index (χ2v) is 18.2. The van der Waals surface area contributed by atoms with Crippen molar-refractivity contribution in [2.75, 3.05) is 0 Å². The first-order valence-electron chi connectivity index (χ1n) is 20.4. The summed E-state index contributed by atoms with van der Waals surface area (Å²) in [4.78, 5) is 10.3. The Morgan fingerprint density at radius 3 is 1.59 bits per heavy atom. The predicted molar refractivity (Wildman–Crippen MR) is 239 cm³/mol. The van der Waals surface area contributed by atoms with Crippen LogP contribution < -0.4 is 0 Å². The lowest BCUT2D eigenvalue weighted by Crippen LogP contribution is -2.27. The lowest BCUT2D eigenvalue weighted by molar-refractivity contribution is 0.586. The highest BCUT2D eigenvalue weighted by Crippen LogP contribution is 2.64. The van der Waals surface area contributed by atoms with Crippen LogP contribution in [0.1, 0.15) is 74.9 Å². The second-order valence-electron chi connectivity index (χ2n) is 18.2. The Kier molecular flexibility index (Phi) is 7.30. The number of fused-ring (bicyclic) bond motifs is 13. The van der Waals surface area contributed by atoms with Gasteiger partial charge in [-0.3, -0.25) is 0 Å². The third kappa shape index (κ3) is 4.99. The molecule has 0 fully saturated rings. The van der Waals surface area contributed by atoms with Gasteiger partial charge >= 0.3 is 0 Å². The van der Waals surface area contributed by atoms with Gasteiger partial charge in [-0.15, -0.1) is 0 Å². The topological polar surface area (TPSA) is 38.9 Å². The molecule has 58 heavy (non-hydrogen) atoms. The molecule has 0 saturated carbocycles. The van der Waals surface area contributed by atoms with Crippen LogP contribution in [0.25, 0.3) is 78.1 Å². The van der Waals surface area contributed by atoms with Crippen molar-refractivity contribution in [2.24, 2.45) is 0 Å². The lowest BCUT2D eigenvalue weighted by atomic mass is 9.68. The lowest BCUT2D eigenvalue weighted by Gasteiger charge is -2.33. The van der Waals surface area contributed by atoms with Crippen LogP contribution >= 0.6 is 0 Å². The van der Waals surface area contributed by atoms with Gasteiger partial charge in [-0.25, -0.2) is 9.97 Å². The number of hydrogen-bond donors (Lipinski definition) is 0. The van der Waals surface area contributed by atoms with Crippen LogP contribution in [-0.2, 0) is 16.2 Å². The summed E-state index contributed by atoms with van der Waals surface area (Å²) in [5.74, 6) is 0.681. The molecule has 0 atom stereocenters. The van der Waals surface area contributed by atoms with Gasteiger partial charge in [0.15, 0.2) is 11.4 Å². The van der Waals surface area contributed by atoms with Crippen molar-refractivity contribution >= 4 is 22.1 Å². The van der Waals surface area contributed by atoms with Gasteiger partial charge in [0.2, 0.25) is 0 Å². The molecule has 2 aliphatic carbocycles. The van der Waals surface area contributed by atoms with Gasteiger partial charge in [-0.05, 0) is 95.8 Å². The van der Waals surface area contributed by atoms with E-state index >= 15 is 0 Å². The molecular weight excluding hydrogens is 705 g/mol. The van der Waals surface area contributed by atoms with Crippen LogP contribution in [0.15, 0.2) is 162 Å². The van der Waals surface area contributed by atoms with Crippen LogP contribution in [0, 0.1) is 0 Å². The summed E-state index contributed by atoms with van der Waals surface area (Å²) in [5.41, 5.74) is 20.3. The molecule has 0 amide bonds. The molecule has 9 aromatic rings. The summed E-state index contributed by atoms with van der Waals surface area (Å²) in [6, 6.07) is 57.8. The Morgan fingerprint density at radius 1 is 0.431 bits per heavy atom. The molecule has 7 aromatic carbocycles. The Labute approximate surface area is 340 Å². The largest absolute Gasteiger partial charge is 0.452 e. The van der Waals surface area contributed by atoms with Crippen LogP contribution in [0.2, 0.25) is 0 Å². The summed E-state index contributed by atoms with van der Waals surface area (Å²) in [5, 5.41) is 0.976. The van der Waals surface area contributed by atoms with Crippen LogP contribution in [-0.4, -0.2) is 9.97 Å². The van der Waals surface area contributed by atoms with Crippen LogP contribution in [0.5, 0.6) is 0 Å². The number of hydrogen-bond acceptors (Lipinski definition) is 3. The number of benzene rings is 7. The maximum absolute atomic E-state index is 6.64. The molecule has 3 nitrogen and oxygen atoms in total. The second kappa shape index (κ2) is 12.2. The van der Waals surface area contributed by atoms with E-state index in [4.69, 9.17) is 14.4 Å². The van der Waals surface area contributed by atoms with Crippen molar-refractivity contribution in [1.82, 2.24) is 9.97 Å². The minimum atomic E-state index is -0.468. The fourth-order valence-electron chi connectivity index (χ4n) is 9.63. The molecule has 0 saturated heterocycles. The van der Waals surface area contributed by atoms with E-state index in [9.17, 15) is 0 Å². The monoisotopic (exact) mass is 748 g/mol. The molecule has 0 unspecified atom stereocenters. The first kappa shape index (κ1) is 34.7. The van der Waals surface area contributed by atoms with Crippen LogP contribution in [0.3, 0.4) is 0 Å². The highest BCUT2D eigenvalue weighted by molar-refractivity contribution is 6.08. The van der Waals surface area contributed by atoms with Gasteiger partial charge in [0.1, 0.15) is 16.8 Å². The van der Waals surface area contributed by atoms with Crippen molar-refractivity contribution < 1.29 is 4.42 Å². The third-order valence-electron chi connectivity index (χ3n) is 12.6. The highest BCUT2D eigenvalue weighted by atomic mass is 16.3. The first-order valence-corrected chi connectivity index (χ1v) is 20.4. The van der Waals surface area contributed by atoms with Crippen molar-refractivity contribution in [1.29, 1.82) is 0 Å². The zero-order chi connectivity index (χ0) is 39.6. The van der Waals surface area contributed by atoms with Gasteiger partial charge in [0, 0.05) is 16.5 Å². The molecule has 280 valence electrons. The molecule has 2 aromatic heterocycles. The highest BCUT2D eigenvalue weighted by Gasteiger charge is 2.52. The van der Waals surface area contributed by atoms with Gasteiger partial charge in [0.05, 0.1) is 5.41 Å². The fourth-order valence-corrected chi connectivity index (χ4v) is 9.63. The van der Waals surface area contributed by atoms with Crippen LogP contribution in [0.4, 0.5) is 0 Å². The van der Waals surface area contributed by atoms with E-state index in [2.05, 4.69) is 163 Å². The SMILES string of the molecule is CC(C)(C)c1ccc2c(c1)C1(c3ccccc3-c3ccc(-c4ccc5oc6c(-c7ccccc7)nc(-c7ccccc7)nc6c5c4)cc31)c1cc(C(C)(C)C)ccc1-2.